The molecule has 0 fully saturated rings. The Bertz CT molecular complexity index is 434. The number of benzene rings is 1. The number of carbonyl (C=O) groups is 2. The van der Waals surface area contributed by atoms with Crippen molar-refractivity contribution in [1.29, 1.82) is 0 Å². The SMILES string of the molecule is CC[C@H](C)[C@H](NC(=O)COCc1ccccc1)C(N)=O. The zero-order valence-corrected chi connectivity index (χ0v) is 12.0. The Balaban J connectivity index is 2.37. The van der Waals surface area contributed by atoms with Crippen LogP contribution in [0.4, 0.5) is 0 Å². The van der Waals surface area contributed by atoms with Crippen LogP contribution in [0.2, 0.25) is 0 Å². The van der Waals surface area contributed by atoms with E-state index in [0.29, 0.717) is 6.61 Å². The molecule has 0 bridgehead atoms. The van der Waals surface area contributed by atoms with Gasteiger partial charge in [-0.2, -0.15) is 0 Å². The van der Waals surface area contributed by atoms with Gasteiger partial charge >= 0.3 is 0 Å². The van der Waals surface area contributed by atoms with Crippen molar-refractivity contribution >= 4 is 11.8 Å². The number of hydrogen-bond donors (Lipinski definition) is 2. The van der Waals surface area contributed by atoms with E-state index in [0.717, 1.165) is 12.0 Å². The molecule has 0 radical (unpaired) electrons. The minimum atomic E-state index is -0.646. The van der Waals surface area contributed by atoms with Gasteiger partial charge in [0.15, 0.2) is 0 Å². The highest BCUT2D eigenvalue weighted by Gasteiger charge is 2.23. The molecule has 5 nitrogen and oxygen atoms in total. The summed E-state index contributed by atoms with van der Waals surface area (Å²) < 4.78 is 5.31. The smallest absolute Gasteiger partial charge is 0.246 e. The highest BCUT2D eigenvalue weighted by molar-refractivity contribution is 5.87. The summed E-state index contributed by atoms with van der Waals surface area (Å²) in [5.41, 5.74) is 6.28. The maximum atomic E-state index is 11.7. The first kappa shape index (κ1) is 16.2. The molecule has 3 N–H and O–H groups in total. The molecule has 0 aliphatic carbocycles. The number of nitrogens with one attached hydrogen (secondary N) is 1. The second-order valence-corrected chi connectivity index (χ2v) is 4.81. The van der Waals surface area contributed by atoms with Crippen molar-refractivity contribution in [3.8, 4) is 0 Å². The van der Waals surface area contributed by atoms with Crippen molar-refractivity contribution < 1.29 is 14.3 Å². The molecule has 0 spiro atoms. The van der Waals surface area contributed by atoms with Crippen LogP contribution in [0.3, 0.4) is 0 Å². The summed E-state index contributed by atoms with van der Waals surface area (Å²) in [5, 5.41) is 2.61. The van der Waals surface area contributed by atoms with Gasteiger partial charge in [0.2, 0.25) is 11.8 Å². The van der Waals surface area contributed by atoms with Crippen LogP contribution < -0.4 is 11.1 Å². The van der Waals surface area contributed by atoms with Gasteiger partial charge in [0, 0.05) is 0 Å². The fraction of sp³-hybridized carbons (Fsp3) is 0.467. The van der Waals surface area contributed by atoms with Crippen molar-refractivity contribution in [3.63, 3.8) is 0 Å². The third kappa shape index (κ3) is 5.40. The highest BCUT2D eigenvalue weighted by Crippen LogP contribution is 2.07. The van der Waals surface area contributed by atoms with E-state index < -0.39 is 11.9 Å². The van der Waals surface area contributed by atoms with Crippen molar-refractivity contribution in [2.24, 2.45) is 11.7 Å². The predicted molar refractivity (Wildman–Crippen MR) is 76.7 cm³/mol. The summed E-state index contributed by atoms with van der Waals surface area (Å²) in [7, 11) is 0. The summed E-state index contributed by atoms with van der Waals surface area (Å²) in [6.45, 7) is 4.09. The summed E-state index contributed by atoms with van der Waals surface area (Å²) in [5.74, 6) is -0.841. The zero-order valence-electron chi connectivity index (χ0n) is 12.0. The van der Waals surface area contributed by atoms with E-state index in [1.54, 1.807) is 0 Å². The molecular weight excluding hydrogens is 256 g/mol. The van der Waals surface area contributed by atoms with Crippen LogP contribution in [-0.4, -0.2) is 24.5 Å². The minimum Gasteiger partial charge on any atom is -0.368 e. The maximum Gasteiger partial charge on any atom is 0.246 e. The van der Waals surface area contributed by atoms with Crippen molar-refractivity contribution in [3.05, 3.63) is 35.9 Å². The molecule has 2 atom stereocenters. The first-order chi connectivity index (χ1) is 9.54. The Morgan fingerprint density at radius 1 is 1.30 bits per heavy atom. The van der Waals surface area contributed by atoms with Crippen LogP contribution >= 0.6 is 0 Å². The predicted octanol–water partition coefficient (Wildman–Crippen LogP) is 1.22. The van der Waals surface area contributed by atoms with Crippen molar-refractivity contribution in [2.45, 2.75) is 32.9 Å². The lowest BCUT2D eigenvalue weighted by Crippen LogP contribution is -2.49. The number of rotatable bonds is 8. The molecule has 0 unspecified atom stereocenters. The molecule has 0 aromatic heterocycles. The minimum absolute atomic E-state index is 0.00516. The molecule has 1 aromatic carbocycles. The van der Waals surface area contributed by atoms with E-state index in [-0.39, 0.29) is 18.4 Å². The number of amides is 2. The number of ether oxygens (including phenoxy) is 1. The Kier molecular flexibility index (Phi) is 6.73. The largest absolute Gasteiger partial charge is 0.368 e. The van der Waals surface area contributed by atoms with Crippen LogP contribution in [0, 0.1) is 5.92 Å². The van der Waals surface area contributed by atoms with Gasteiger partial charge in [0.1, 0.15) is 12.6 Å². The van der Waals surface area contributed by atoms with E-state index in [4.69, 9.17) is 10.5 Å². The topological polar surface area (TPSA) is 81.4 Å². The molecule has 20 heavy (non-hydrogen) atoms. The van der Waals surface area contributed by atoms with Gasteiger partial charge in [-0.3, -0.25) is 9.59 Å². The van der Waals surface area contributed by atoms with Gasteiger partial charge in [-0.1, -0.05) is 50.6 Å². The number of hydrogen-bond acceptors (Lipinski definition) is 3. The van der Waals surface area contributed by atoms with Gasteiger partial charge in [-0.05, 0) is 11.5 Å². The maximum absolute atomic E-state index is 11.7. The first-order valence-electron chi connectivity index (χ1n) is 6.75. The van der Waals surface area contributed by atoms with E-state index in [9.17, 15) is 9.59 Å². The zero-order chi connectivity index (χ0) is 15.0. The summed E-state index contributed by atoms with van der Waals surface area (Å²) >= 11 is 0. The second-order valence-electron chi connectivity index (χ2n) is 4.81. The van der Waals surface area contributed by atoms with Gasteiger partial charge < -0.3 is 15.8 Å². The number of nitrogens with two attached hydrogens (primary N) is 1. The first-order valence-corrected chi connectivity index (χ1v) is 6.75. The van der Waals surface area contributed by atoms with Gasteiger partial charge in [-0.15, -0.1) is 0 Å². The Labute approximate surface area is 119 Å². The lowest BCUT2D eigenvalue weighted by molar-refractivity contribution is -0.131. The fourth-order valence-electron chi connectivity index (χ4n) is 1.78. The van der Waals surface area contributed by atoms with Crippen LogP contribution in [0.5, 0.6) is 0 Å². The normalized spacial score (nSPS) is 13.5. The van der Waals surface area contributed by atoms with Crippen molar-refractivity contribution in [1.82, 2.24) is 5.32 Å². The Morgan fingerprint density at radius 2 is 1.95 bits per heavy atom. The summed E-state index contributed by atoms with van der Waals surface area (Å²) in [6.07, 6.45) is 0.763. The third-order valence-electron chi connectivity index (χ3n) is 3.18. The monoisotopic (exact) mass is 278 g/mol. The number of primary amides is 1. The lowest BCUT2D eigenvalue weighted by Gasteiger charge is -2.21. The molecule has 1 aromatic rings. The van der Waals surface area contributed by atoms with Gasteiger partial charge in [-0.25, -0.2) is 0 Å². The van der Waals surface area contributed by atoms with Crippen LogP contribution in [0.15, 0.2) is 30.3 Å². The molecule has 1 rings (SSSR count). The molecule has 0 heterocycles. The fourth-order valence-corrected chi connectivity index (χ4v) is 1.78. The molecule has 110 valence electrons. The molecular formula is C15H22N2O3. The third-order valence-corrected chi connectivity index (χ3v) is 3.18. The average molecular weight is 278 g/mol. The summed E-state index contributed by atoms with van der Waals surface area (Å²) in [6, 6.07) is 8.93. The van der Waals surface area contributed by atoms with Crippen LogP contribution in [0.1, 0.15) is 25.8 Å². The molecule has 2 amide bonds. The molecule has 0 aliphatic rings. The molecule has 0 saturated heterocycles. The Morgan fingerprint density at radius 3 is 2.50 bits per heavy atom. The average Bonchev–Trinajstić information content (AvgIpc) is 2.45. The van der Waals surface area contributed by atoms with Crippen LogP contribution in [-0.2, 0) is 20.9 Å². The molecule has 5 heteroatoms. The highest BCUT2D eigenvalue weighted by atomic mass is 16.5. The van der Waals surface area contributed by atoms with E-state index in [1.165, 1.54) is 0 Å². The molecule has 0 aliphatic heterocycles. The van der Waals surface area contributed by atoms with E-state index >= 15 is 0 Å². The second kappa shape index (κ2) is 8.32. The van der Waals surface area contributed by atoms with Gasteiger partial charge in [0.05, 0.1) is 6.61 Å². The lowest BCUT2D eigenvalue weighted by atomic mass is 9.99. The number of carbonyl (C=O) groups excluding carboxylic acids is 2. The van der Waals surface area contributed by atoms with Crippen molar-refractivity contribution in [2.75, 3.05) is 6.61 Å². The summed E-state index contributed by atoms with van der Waals surface area (Å²) in [4.78, 5) is 23.0. The van der Waals surface area contributed by atoms with Gasteiger partial charge in [0.25, 0.3) is 0 Å². The standard InChI is InChI=1S/C15H22N2O3/c1-3-11(2)14(15(16)19)17-13(18)10-20-9-12-7-5-4-6-8-12/h4-8,11,14H,3,9-10H2,1-2H3,(H2,16,19)(H,17,18)/t11-,14-/m0/s1. The molecule has 0 saturated carbocycles. The van der Waals surface area contributed by atoms with Crippen LogP contribution in [0.25, 0.3) is 0 Å². The van der Waals surface area contributed by atoms with E-state index in [1.807, 2.05) is 44.2 Å². The quantitative estimate of drug-likeness (QED) is 0.750. The Hall–Kier alpha value is -1.88. The van der Waals surface area contributed by atoms with E-state index in [2.05, 4.69) is 5.32 Å².